The SMILES string of the molecule is CC=CC(=O)OC1CCCO1. The highest BCUT2D eigenvalue weighted by Gasteiger charge is 2.17. The molecule has 0 aromatic rings. The lowest BCUT2D eigenvalue weighted by atomic mass is 10.4. The smallest absolute Gasteiger partial charge is 0.332 e. The minimum absolute atomic E-state index is 0.307. The molecular formula is C8H12O3. The van der Waals surface area contributed by atoms with Gasteiger partial charge in [0, 0.05) is 12.5 Å². The molecule has 1 aliphatic heterocycles. The largest absolute Gasteiger partial charge is 0.433 e. The second kappa shape index (κ2) is 4.13. The second-order valence-corrected chi connectivity index (χ2v) is 2.38. The maximum absolute atomic E-state index is 10.8. The minimum atomic E-state index is -0.320. The van der Waals surface area contributed by atoms with Crippen molar-refractivity contribution >= 4 is 5.97 Å². The van der Waals surface area contributed by atoms with Gasteiger partial charge >= 0.3 is 5.97 Å². The van der Waals surface area contributed by atoms with Crippen molar-refractivity contribution in [2.45, 2.75) is 26.1 Å². The van der Waals surface area contributed by atoms with Crippen LogP contribution in [0.5, 0.6) is 0 Å². The maximum atomic E-state index is 10.8. The van der Waals surface area contributed by atoms with Crippen molar-refractivity contribution < 1.29 is 14.3 Å². The molecule has 1 rings (SSSR count). The van der Waals surface area contributed by atoms with Gasteiger partial charge in [0.05, 0.1) is 6.61 Å². The Morgan fingerprint density at radius 2 is 2.55 bits per heavy atom. The fraction of sp³-hybridized carbons (Fsp3) is 0.625. The van der Waals surface area contributed by atoms with E-state index in [4.69, 9.17) is 9.47 Å². The van der Waals surface area contributed by atoms with Crippen molar-refractivity contribution in [2.24, 2.45) is 0 Å². The third kappa shape index (κ3) is 2.72. The number of carbonyl (C=O) groups is 1. The van der Waals surface area contributed by atoms with Crippen LogP contribution in [-0.4, -0.2) is 18.9 Å². The number of hydrogen-bond acceptors (Lipinski definition) is 3. The van der Waals surface area contributed by atoms with E-state index < -0.39 is 0 Å². The maximum Gasteiger partial charge on any atom is 0.332 e. The zero-order valence-corrected chi connectivity index (χ0v) is 6.58. The van der Waals surface area contributed by atoms with Crippen LogP contribution in [0.25, 0.3) is 0 Å². The number of carbonyl (C=O) groups excluding carboxylic acids is 1. The van der Waals surface area contributed by atoms with Gasteiger partial charge in [0.25, 0.3) is 0 Å². The van der Waals surface area contributed by atoms with Crippen molar-refractivity contribution in [2.75, 3.05) is 6.61 Å². The van der Waals surface area contributed by atoms with Gasteiger partial charge in [0.2, 0.25) is 6.29 Å². The summed E-state index contributed by atoms with van der Waals surface area (Å²) in [7, 11) is 0. The third-order valence-corrected chi connectivity index (χ3v) is 1.44. The first-order chi connectivity index (χ1) is 5.33. The molecule has 0 aliphatic carbocycles. The molecule has 1 saturated heterocycles. The molecule has 1 aliphatic rings. The highest BCUT2D eigenvalue weighted by atomic mass is 16.7. The highest BCUT2D eigenvalue weighted by molar-refractivity contribution is 5.81. The number of ether oxygens (including phenoxy) is 2. The molecule has 0 aromatic heterocycles. The Balaban J connectivity index is 2.23. The predicted octanol–water partition coefficient (Wildman–Crippen LogP) is 1.24. The summed E-state index contributed by atoms with van der Waals surface area (Å²) in [6, 6.07) is 0. The van der Waals surface area contributed by atoms with Crippen LogP contribution in [0.1, 0.15) is 19.8 Å². The van der Waals surface area contributed by atoms with Crippen LogP contribution in [0.2, 0.25) is 0 Å². The standard InChI is InChI=1S/C8H12O3/c1-2-4-7(9)11-8-5-3-6-10-8/h2,4,8H,3,5-6H2,1H3. The van der Waals surface area contributed by atoms with Crippen molar-refractivity contribution in [3.05, 3.63) is 12.2 Å². The lowest BCUT2D eigenvalue weighted by molar-refractivity contribution is -0.163. The zero-order chi connectivity index (χ0) is 8.10. The summed E-state index contributed by atoms with van der Waals surface area (Å²) in [6.07, 6.45) is 4.54. The Kier molecular flexibility index (Phi) is 3.11. The first-order valence-corrected chi connectivity index (χ1v) is 3.78. The molecule has 3 nitrogen and oxygen atoms in total. The molecule has 0 bridgehead atoms. The summed E-state index contributed by atoms with van der Waals surface area (Å²) >= 11 is 0. The molecule has 0 radical (unpaired) electrons. The Bertz CT molecular complexity index is 157. The average molecular weight is 156 g/mol. The fourth-order valence-corrected chi connectivity index (χ4v) is 0.946. The van der Waals surface area contributed by atoms with E-state index in [1.807, 2.05) is 0 Å². The molecule has 0 N–H and O–H groups in total. The van der Waals surface area contributed by atoms with E-state index in [0.29, 0.717) is 6.61 Å². The lowest BCUT2D eigenvalue weighted by Crippen LogP contribution is -2.14. The predicted molar refractivity (Wildman–Crippen MR) is 39.9 cm³/mol. The summed E-state index contributed by atoms with van der Waals surface area (Å²) in [5, 5.41) is 0. The van der Waals surface area contributed by atoms with E-state index in [9.17, 15) is 4.79 Å². The number of rotatable bonds is 2. The number of esters is 1. The molecule has 1 atom stereocenters. The van der Waals surface area contributed by atoms with E-state index in [-0.39, 0.29) is 12.3 Å². The number of allylic oxidation sites excluding steroid dienone is 1. The van der Waals surface area contributed by atoms with Crippen LogP contribution < -0.4 is 0 Å². The topological polar surface area (TPSA) is 35.5 Å². The zero-order valence-electron chi connectivity index (χ0n) is 6.58. The van der Waals surface area contributed by atoms with Gasteiger partial charge in [0.1, 0.15) is 0 Å². The summed E-state index contributed by atoms with van der Waals surface area (Å²) in [4.78, 5) is 10.8. The molecule has 1 heterocycles. The van der Waals surface area contributed by atoms with E-state index in [2.05, 4.69) is 0 Å². The Morgan fingerprint density at radius 3 is 3.09 bits per heavy atom. The van der Waals surface area contributed by atoms with Gasteiger partial charge in [0.15, 0.2) is 0 Å². The van der Waals surface area contributed by atoms with E-state index in [0.717, 1.165) is 12.8 Å². The fourth-order valence-electron chi connectivity index (χ4n) is 0.946. The molecule has 0 spiro atoms. The van der Waals surface area contributed by atoms with Gasteiger partial charge in [-0.2, -0.15) is 0 Å². The molecule has 0 amide bonds. The molecule has 62 valence electrons. The van der Waals surface area contributed by atoms with Crippen LogP contribution in [0.3, 0.4) is 0 Å². The minimum Gasteiger partial charge on any atom is -0.433 e. The highest BCUT2D eigenvalue weighted by Crippen LogP contribution is 2.12. The van der Waals surface area contributed by atoms with Crippen LogP contribution in [0.15, 0.2) is 12.2 Å². The van der Waals surface area contributed by atoms with Crippen molar-refractivity contribution in [3.8, 4) is 0 Å². The van der Waals surface area contributed by atoms with E-state index >= 15 is 0 Å². The monoisotopic (exact) mass is 156 g/mol. The summed E-state index contributed by atoms with van der Waals surface area (Å²) in [5.41, 5.74) is 0. The first kappa shape index (κ1) is 8.27. The first-order valence-electron chi connectivity index (χ1n) is 3.78. The van der Waals surface area contributed by atoms with E-state index in [1.54, 1.807) is 13.0 Å². The molecule has 1 unspecified atom stereocenters. The quantitative estimate of drug-likeness (QED) is 0.445. The lowest BCUT2D eigenvalue weighted by Gasteiger charge is -2.07. The molecule has 0 aromatic carbocycles. The normalized spacial score (nSPS) is 24.3. The molecule has 3 heteroatoms. The van der Waals surface area contributed by atoms with Gasteiger partial charge in [-0.05, 0) is 13.3 Å². The molecule has 11 heavy (non-hydrogen) atoms. The Labute approximate surface area is 66.0 Å². The van der Waals surface area contributed by atoms with Gasteiger partial charge in [-0.15, -0.1) is 0 Å². The Morgan fingerprint density at radius 1 is 1.73 bits per heavy atom. The van der Waals surface area contributed by atoms with Crippen molar-refractivity contribution in [1.29, 1.82) is 0 Å². The third-order valence-electron chi connectivity index (χ3n) is 1.44. The Hall–Kier alpha value is -0.830. The second-order valence-electron chi connectivity index (χ2n) is 2.38. The van der Waals surface area contributed by atoms with E-state index in [1.165, 1.54) is 6.08 Å². The van der Waals surface area contributed by atoms with Gasteiger partial charge in [-0.3, -0.25) is 0 Å². The summed E-state index contributed by atoms with van der Waals surface area (Å²) in [6.45, 7) is 2.48. The van der Waals surface area contributed by atoms with Crippen LogP contribution in [0.4, 0.5) is 0 Å². The van der Waals surface area contributed by atoms with Crippen molar-refractivity contribution in [3.63, 3.8) is 0 Å². The molecule has 0 saturated carbocycles. The van der Waals surface area contributed by atoms with Crippen LogP contribution >= 0.6 is 0 Å². The summed E-state index contributed by atoms with van der Waals surface area (Å²) < 4.78 is 10.00. The van der Waals surface area contributed by atoms with Gasteiger partial charge in [-0.1, -0.05) is 6.08 Å². The molecule has 1 fully saturated rings. The van der Waals surface area contributed by atoms with Crippen LogP contribution in [0, 0.1) is 0 Å². The number of hydrogen-bond donors (Lipinski definition) is 0. The van der Waals surface area contributed by atoms with Crippen LogP contribution in [-0.2, 0) is 14.3 Å². The average Bonchev–Trinajstić information content (AvgIpc) is 2.40. The summed E-state index contributed by atoms with van der Waals surface area (Å²) in [5.74, 6) is -0.320. The van der Waals surface area contributed by atoms with Gasteiger partial charge in [-0.25, -0.2) is 4.79 Å². The van der Waals surface area contributed by atoms with Crippen molar-refractivity contribution in [1.82, 2.24) is 0 Å². The van der Waals surface area contributed by atoms with Gasteiger partial charge < -0.3 is 9.47 Å². The molecular weight excluding hydrogens is 144 g/mol.